The van der Waals surface area contributed by atoms with Crippen LogP contribution in [0.15, 0.2) is 15.9 Å². The lowest BCUT2D eigenvalue weighted by Crippen LogP contribution is -2.31. The molecule has 0 spiro atoms. The summed E-state index contributed by atoms with van der Waals surface area (Å²) in [5, 5.41) is 3.47. The highest BCUT2D eigenvalue weighted by molar-refractivity contribution is 9.11. The van der Waals surface area contributed by atoms with Crippen molar-refractivity contribution in [2.24, 2.45) is 0 Å². The summed E-state index contributed by atoms with van der Waals surface area (Å²) in [7, 11) is 2.25. The van der Waals surface area contributed by atoms with Crippen LogP contribution in [0.3, 0.4) is 0 Å². The van der Waals surface area contributed by atoms with E-state index in [1.54, 1.807) is 0 Å². The van der Waals surface area contributed by atoms with Gasteiger partial charge in [0.2, 0.25) is 0 Å². The third-order valence-electron chi connectivity index (χ3n) is 3.20. The van der Waals surface area contributed by atoms with Crippen molar-refractivity contribution in [3.8, 4) is 0 Å². The van der Waals surface area contributed by atoms with Crippen molar-refractivity contribution in [3.63, 3.8) is 0 Å². The Morgan fingerprint density at radius 2 is 2.24 bits per heavy atom. The van der Waals surface area contributed by atoms with Crippen LogP contribution in [-0.2, 0) is 6.54 Å². The van der Waals surface area contributed by atoms with Crippen molar-refractivity contribution in [3.05, 3.63) is 20.8 Å². The van der Waals surface area contributed by atoms with E-state index in [0.29, 0.717) is 0 Å². The van der Waals surface area contributed by atoms with Gasteiger partial charge in [0.1, 0.15) is 0 Å². The van der Waals surface area contributed by atoms with Crippen LogP contribution in [0.2, 0.25) is 0 Å². The van der Waals surface area contributed by atoms with E-state index in [9.17, 15) is 0 Å². The average Bonchev–Trinajstić information content (AvgIpc) is 2.56. The Bertz CT molecular complexity index is 324. The molecule has 2 rings (SSSR count). The number of halogens is 2. The Morgan fingerprint density at radius 3 is 2.94 bits per heavy atom. The lowest BCUT2D eigenvalue weighted by molar-refractivity contribution is 0.218. The van der Waals surface area contributed by atoms with Gasteiger partial charge < -0.3 is 5.32 Å². The maximum Gasteiger partial charge on any atom is 0.0701 e. The smallest absolute Gasteiger partial charge is 0.0701 e. The molecule has 0 aliphatic carbocycles. The van der Waals surface area contributed by atoms with Crippen molar-refractivity contribution in [2.75, 3.05) is 20.1 Å². The second kappa shape index (κ2) is 7.74. The molecule has 1 saturated heterocycles. The lowest BCUT2D eigenvalue weighted by Gasteiger charge is -2.26. The van der Waals surface area contributed by atoms with Crippen LogP contribution >= 0.6 is 39.7 Å². The van der Waals surface area contributed by atoms with Crippen LogP contribution in [-0.4, -0.2) is 31.1 Å². The van der Waals surface area contributed by atoms with Gasteiger partial charge in [-0.2, -0.15) is 0 Å². The van der Waals surface area contributed by atoms with Crippen molar-refractivity contribution < 1.29 is 0 Å². The van der Waals surface area contributed by atoms with Gasteiger partial charge in [-0.3, -0.25) is 4.90 Å². The third kappa shape index (κ3) is 4.87. The molecule has 1 aromatic rings. The monoisotopic (exact) mass is 338 g/mol. The molecule has 0 radical (unpaired) electrons. The number of nitrogens with one attached hydrogen (secondary N) is 1. The lowest BCUT2D eigenvalue weighted by atomic mass is 10.1. The molecular formula is C12H20BrClN2S. The van der Waals surface area contributed by atoms with Gasteiger partial charge in [0.05, 0.1) is 3.79 Å². The number of rotatable bonds is 3. The first kappa shape index (κ1) is 15.4. The van der Waals surface area contributed by atoms with E-state index in [1.165, 1.54) is 41.0 Å². The number of hydrogen-bond acceptors (Lipinski definition) is 3. The summed E-state index contributed by atoms with van der Waals surface area (Å²) in [5.41, 5.74) is 0. The van der Waals surface area contributed by atoms with E-state index >= 15 is 0 Å². The van der Waals surface area contributed by atoms with Crippen molar-refractivity contribution in [1.29, 1.82) is 0 Å². The second-order valence-electron chi connectivity index (χ2n) is 4.46. The molecule has 2 heterocycles. The van der Waals surface area contributed by atoms with Crippen LogP contribution in [0.5, 0.6) is 0 Å². The molecule has 1 aliphatic rings. The van der Waals surface area contributed by atoms with Crippen LogP contribution in [0.4, 0.5) is 0 Å². The highest BCUT2D eigenvalue weighted by Crippen LogP contribution is 2.24. The molecule has 0 aromatic carbocycles. The Hall–Kier alpha value is 0.390. The van der Waals surface area contributed by atoms with Crippen LogP contribution in [0.25, 0.3) is 0 Å². The molecule has 5 heteroatoms. The summed E-state index contributed by atoms with van der Waals surface area (Å²) in [4.78, 5) is 3.96. The molecule has 17 heavy (non-hydrogen) atoms. The Labute approximate surface area is 122 Å². The zero-order valence-corrected chi connectivity index (χ0v) is 13.3. The zero-order valence-electron chi connectivity index (χ0n) is 10.1. The largest absolute Gasteiger partial charge is 0.317 e. The van der Waals surface area contributed by atoms with Crippen LogP contribution < -0.4 is 5.32 Å². The van der Waals surface area contributed by atoms with Gasteiger partial charge in [0.15, 0.2) is 0 Å². The molecule has 1 N–H and O–H groups in total. The minimum Gasteiger partial charge on any atom is -0.317 e. The quantitative estimate of drug-likeness (QED) is 0.906. The average molecular weight is 340 g/mol. The highest BCUT2D eigenvalue weighted by Gasteiger charge is 2.17. The van der Waals surface area contributed by atoms with Gasteiger partial charge in [-0.1, -0.05) is 0 Å². The van der Waals surface area contributed by atoms with Crippen molar-refractivity contribution in [2.45, 2.75) is 31.8 Å². The fraction of sp³-hybridized carbons (Fsp3) is 0.667. The SMILES string of the molecule is CN(Cc1ccc(Br)s1)C1CCCNCC1.Cl. The molecule has 0 amide bonds. The Balaban J connectivity index is 0.00000144. The summed E-state index contributed by atoms with van der Waals surface area (Å²) in [6.45, 7) is 3.44. The topological polar surface area (TPSA) is 15.3 Å². The molecule has 1 atom stereocenters. The van der Waals surface area contributed by atoms with Gasteiger partial charge in [-0.05, 0) is 67.5 Å². The molecular weight excluding hydrogens is 320 g/mol. The first-order chi connectivity index (χ1) is 7.75. The summed E-state index contributed by atoms with van der Waals surface area (Å²) in [6.07, 6.45) is 3.92. The third-order valence-corrected chi connectivity index (χ3v) is 4.81. The molecule has 1 fully saturated rings. The highest BCUT2D eigenvalue weighted by atomic mass is 79.9. The van der Waals surface area contributed by atoms with Crippen molar-refractivity contribution >= 4 is 39.7 Å². The summed E-state index contributed by atoms with van der Waals surface area (Å²) in [6, 6.07) is 5.11. The van der Waals surface area contributed by atoms with Gasteiger partial charge in [0.25, 0.3) is 0 Å². The Morgan fingerprint density at radius 1 is 1.41 bits per heavy atom. The number of nitrogens with zero attached hydrogens (tertiary/aromatic N) is 1. The fourth-order valence-electron chi connectivity index (χ4n) is 2.25. The van der Waals surface area contributed by atoms with E-state index in [0.717, 1.165) is 12.6 Å². The second-order valence-corrected chi connectivity index (χ2v) is 7.00. The van der Waals surface area contributed by atoms with E-state index in [2.05, 4.69) is 45.3 Å². The summed E-state index contributed by atoms with van der Waals surface area (Å²) < 4.78 is 1.23. The predicted molar refractivity (Wildman–Crippen MR) is 81.2 cm³/mol. The minimum absolute atomic E-state index is 0. The standard InChI is InChI=1S/C12H19BrN2S.ClH/c1-15(9-11-4-5-12(13)16-11)10-3-2-7-14-8-6-10;/h4-5,10,14H,2-3,6-9H2,1H3;1H. The first-order valence-corrected chi connectivity index (χ1v) is 7.52. The predicted octanol–water partition coefficient (Wildman–Crippen LogP) is 3.51. The van der Waals surface area contributed by atoms with Gasteiger partial charge >= 0.3 is 0 Å². The molecule has 0 saturated carbocycles. The zero-order chi connectivity index (χ0) is 11.4. The minimum atomic E-state index is 0. The van der Waals surface area contributed by atoms with Crippen LogP contribution in [0.1, 0.15) is 24.1 Å². The van der Waals surface area contributed by atoms with E-state index in [4.69, 9.17) is 0 Å². The maximum absolute atomic E-state index is 3.52. The number of thiophene rings is 1. The molecule has 98 valence electrons. The van der Waals surface area contributed by atoms with Gasteiger partial charge in [0, 0.05) is 17.5 Å². The molecule has 1 unspecified atom stereocenters. The first-order valence-electron chi connectivity index (χ1n) is 5.91. The van der Waals surface area contributed by atoms with Crippen molar-refractivity contribution in [1.82, 2.24) is 10.2 Å². The molecule has 1 aliphatic heterocycles. The molecule has 1 aromatic heterocycles. The van der Waals surface area contributed by atoms with Gasteiger partial charge in [-0.25, -0.2) is 0 Å². The van der Waals surface area contributed by atoms with E-state index in [1.807, 2.05) is 11.3 Å². The molecule has 0 bridgehead atoms. The van der Waals surface area contributed by atoms with E-state index < -0.39 is 0 Å². The normalized spacial score (nSPS) is 21.0. The fourth-order valence-corrected chi connectivity index (χ4v) is 3.80. The molecule has 2 nitrogen and oxygen atoms in total. The maximum atomic E-state index is 3.52. The summed E-state index contributed by atoms with van der Waals surface area (Å²) >= 11 is 5.37. The van der Waals surface area contributed by atoms with E-state index in [-0.39, 0.29) is 12.4 Å². The Kier molecular flexibility index (Phi) is 7.04. The number of hydrogen-bond donors (Lipinski definition) is 1. The van der Waals surface area contributed by atoms with Crippen LogP contribution in [0, 0.1) is 0 Å². The van der Waals surface area contributed by atoms with Gasteiger partial charge in [-0.15, -0.1) is 23.7 Å². The summed E-state index contributed by atoms with van der Waals surface area (Å²) in [5.74, 6) is 0.